The number of nitriles is 1. The lowest BCUT2D eigenvalue weighted by Gasteiger charge is -2.27. The van der Waals surface area contributed by atoms with Crippen molar-refractivity contribution in [3.8, 4) is 6.07 Å². The Morgan fingerprint density at radius 1 is 1.57 bits per heavy atom. The Morgan fingerprint density at radius 2 is 2.29 bits per heavy atom. The van der Waals surface area contributed by atoms with E-state index >= 15 is 0 Å². The summed E-state index contributed by atoms with van der Waals surface area (Å²) in [5, 5.41) is 8.60. The van der Waals surface area contributed by atoms with E-state index in [4.69, 9.17) is 11.0 Å². The maximum atomic E-state index is 8.60. The summed E-state index contributed by atoms with van der Waals surface area (Å²) >= 11 is 0. The Morgan fingerprint density at radius 3 is 2.86 bits per heavy atom. The van der Waals surface area contributed by atoms with Crippen molar-refractivity contribution in [2.75, 3.05) is 6.54 Å². The Kier molecular flexibility index (Phi) is 4.37. The van der Waals surface area contributed by atoms with Crippen LogP contribution in [-0.4, -0.2) is 29.6 Å². The lowest BCUT2D eigenvalue weighted by molar-refractivity contribution is 0.194. The van der Waals surface area contributed by atoms with E-state index in [1.54, 1.807) is 0 Å². The summed E-state index contributed by atoms with van der Waals surface area (Å²) in [5.74, 6) is 0. The van der Waals surface area contributed by atoms with Crippen molar-refractivity contribution < 1.29 is 0 Å². The average molecular weight is 195 g/mol. The third-order valence-corrected chi connectivity index (χ3v) is 3.29. The van der Waals surface area contributed by atoms with E-state index < -0.39 is 0 Å². The number of nitrogens with two attached hydrogens (primary N) is 1. The minimum atomic E-state index is -0.291. The standard InChI is InChI=1S/C11H21N3/c1-3-11-5-4-9(2)14(11)7-6-10(13)8-12/h9-11H,3-7,13H2,1-2H3. The molecular formula is C11H21N3. The first-order valence-corrected chi connectivity index (χ1v) is 5.60. The van der Waals surface area contributed by atoms with E-state index in [1.165, 1.54) is 19.3 Å². The molecule has 0 aromatic heterocycles. The molecule has 3 heteroatoms. The number of rotatable bonds is 4. The van der Waals surface area contributed by atoms with Crippen LogP contribution in [0.15, 0.2) is 0 Å². The van der Waals surface area contributed by atoms with Crippen molar-refractivity contribution in [3.05, 3.63) is 0 Å². The van der Waals surface area contributed by atoms with Crippen molar-refractivity contribution in [2.45, 2.75) is 57.7 Å². The van der Waals surface area contributed by atoms with E-state index in [1.807, 2.05) is 0 Å². The zero-order chi connectivity index (χ0) is 10.6. The fourth-order valence-corrected chi connectivity index (χ4v) is 2.32. The Labute approximate surface area is 86.9 Å². The summed E-state index contributed by atoms with van der Waals surface area (Å²) in [6.45, 7) is 5.49. The van der Waals surface area contributed by atoms with Crippen molar-refractivity contribution in [1.29, 1.82) is 5.26 Å². The van der Waals surface area contributed by atoms with Gasteiger partial charge in [0.1, 0.15) is 0 Å². The highest BCUT2D eigenvalue weighted by Gasteiger charge is 2.28. The molecule has 80 valence electrons. The highest BCUT2D eigenvalue weighted by atomic mass is 15.2. The second kappa shape index (κ2) is 5.33. The van der Waals surface area contributed by atoms with Crippen molar-refractivity contribution in [1.82, 2.24) is 4.90 Å². The first kappa shape index (κ1) is 11.5. The van der Waals surface area contributed by atoms with E-state index in [-0.39, 0.29) is 6.04 Å². The molecule has 0 bridgehead atoms. The number of hydrogen-bond acceptors (Lipinski definition) is 3. The van der Waals surface area contributed by atoms with Gasteiger partial charge in [0.25, 0.3) is 0 Å². The second-order valence-corrected chi connectivity index (χ2v) is 4.25. The molecule has 1 saturated heterocycles. The molecule has 3 atom stereocenters. The molecule has 1 fully saturated rings. The molecule has 1 aliphatic rings. The summed E-state index contributed by atoms with van der Waals surface area (Å²) in [7, 11) is 0. The van der Waals surface area contributed by atoms with Gasteiger partial charge in [0.15, 0.2) is 0 Å². The van der Waals surface area contributed by atoms with Gasteiger partial charge >= 0.3 is 0 Å². The SMILES string of the molecule is CCC1CCC(C)N1CCC(N)C#N. The Hall–Kier alpha value is -0.590. The molecule has 3 nitrogen and oxygen atoms in total. The molecule has 0 aliphatic carbocycles. The van der Waals surface area contributed by atoms with Crippen LogP contribution >= 0.6 is 0 Å². The molecule has 0 saturated carbocycles. The lowest BCUT2D eigenvalue weighted by atomic mass is 10.1. The van der Waals surface area contributed by atoms with Gasteiger partial charge in [-0.15, -0.1) is 0 Å². The van der Waals surface area contributed by atoms with Crippen LogP contribution in [0.25, 0.3) is 0 Å². The molecule has 1 aliphatic heterocycles. The molecule has 3 unspecified atom stereocenters. The molecule has 2 N–H and O–H groups in total. The number of nitrogens with zero attached hydrogens (tertiary/aromatic N) is 2. The van der Waals surface area contributed by atoms with Crippen LogP contribution in [0.4, 0.5) is 0 Å². The van der Waals surface area contributed by atoms with E-state index in [9.17, 15) is 0 Å². The zero-order valence-electron chi connectivity index (χ0n) is 9.24. The molecule has 1 rings (SSSR count). The van der Waals surface area contributed by atoms with Crippen LogP contribution in [0.1, 0.15) is 39.5 Å². The molecule has 0 spiro atoms. The van der Waals surface area contributed by atoms with Crippen LogP contribution in [0.3, 0.4) is 0 Å². The molecule has 0 aromatic rings. The fourth-order valence-electron chi connectivity index (χ4n) is 2.32. The lowest BCUT2D eigenvalue weighted by Crippen LogP contribution is -2.37. The number of hydrogen-bond donors (Lipinski definition) is 1. The average Bonchev–Trinajstić information content (AvgIpc) is 2.55. The summed E-state index contributed by atoms with van der Waals surface area (Å²) in [4.78, 5) is 2.51. The largest absolute Gasteiger partial charge is 0.316 e. The summed E-state index contributed by atoms with van der Waals surface area (Å²) < 4.78 is 0. The molecule has 1 heterocycles. The smallest absolute Gasteiger partial charge is 0.0940 e. The minimum absolute atomic E-state index is 0.291. The topological polar surface area (TPSA) is 53.0 Å². The molecule has 0 amide bonds. The van der Waals surface area contributed by atoms with Gasteiger partial charge in [-0.05, 0) is 32.6 Å². The van der Waals surface area contributed by atoms with Crippen LogP contribution in [0.5, 0.6) is 0 Å². The van der Waals surface area contributed by atoms with Crippen LogP contribution in [0.2, 0.25) is 0 Å². The summed E-state index contributed by atoms with van der Waals surface area (Å²) in [6.07, 6.45) is 4.61. The quantitative estimate of drug-likeness (QED) is 0.739. The van der Waals surface area contributed by atoms with Gasteiger partial charge in [0.2, 0.25) is 0 Å². The van der Waals surface area contributed by atoms with Crippen LogP contribution < -0.4 is 5.73 Å². The van der Waals surface area contributed by atoms with E-state index in [0.29, 0.717) is 6.04 Å². The fraction of sp³-hybridized carbons (Fsp3) is 0.909. The van der Waals surface area contributed by atoms with Gasteiger partial charge in [-0.3, -0.25) is 4.90 Å². The highest BCUT2D eigenvalue weighted by molar-refractivity contribution is 4.90. The Bertz CT molecular complexity index is 209. The molecule has 0 radical (unpaired) electrons. The second-order valence-electron chi connectivity index (χ2n) is 4.25. The predicted molar refractivity (Wildman–Crippen MR) is 57.7 cm³/mol. The highest BCUT2D eigenvalue weighted by Crippen LogP contribution is 2.25. The van der Waals surface area contributed by atoms with Crippen molar-refractivity contribution in [2.24, 2.45) is 5.73 Å². The Balaban J connectivity index is 2.38. The monoisotopic (exact) mass is 195 g/mol. The molecular weight excluding hydrogens is 174 g/mol. The van der Waals surface area contributed by atoms with Crippen LogP contribution in [0, 0.1) is 11.3 Å². The third-order valence-electron chi connectivity index (χ3n) is 3.29. The molecule has 0 aromatic carbocycles. The summed E-state index contributed by atoms with van der Waals surface area (Å²) in [5.41, 5.74) is 5.60. The zero-order valence-corrected chi connectivity index (χ0v) is 9.24. The van der Waals surface area contributed by atoms with Gasteiger partial charge in [-0.1, -0.05) is 6.92 Å². The maximum Gasteiger partial charge on any atom is 0.0940 e. The van der Waals surface area contributed by atoms with Gasteiger partial charge in [0, 0.05) is 18.6 Å². The normalized spacial score (nSPS) is 30.1. The van der Waals surface area contributed by atoms with E-state index in [0.717, 1.165) is 19.0 Å². The molecule has 14 heavy (non-hydrogen) atoms. The van der Waals surface area contributed by atoms with Crippen LogP contribution in [-0.2, 0) is 0 Å². The maximum absolute atomic E-state index is 8.60. The van der Waals surface area contributed by atoms with Gasteiger partial charge < -0.3 is 5.73 Å². The number of likely N-dealkylation sites (tertiary alicyclic amines) is 1. The predicted octanol–water partition coefficient (Wildman–Crippen LogP) is 1.49. The minimum Gasteiger partial charge on any atom is -0.316 e. The summed E-state index contributed by atoms with van der Waals surface area (Å²) in [6, 6.07) is 3.19. The third kappa shape index (κ3) is 2.70. The first-order valence-electron chi connectivity index (χ1n) is 5.60. The van der Waals surface area contributed by atoms with Gasteiger partial charge in [-0.25, -0.2) is 0 Å². The first-order chi connectivity index (χ1) is 6.69. The van der Waals surface area contributed by atoms with E-state index in [2.05, 4.69) is 24.8 Å². The van der Waals surface area contributed by atoms with Crippen molar-refractivity contribution >= 4 is 0 Å². The van der Waals surface area contributed by atoms with Gasteiger partial charge in [0.05, 0.1) is 12.1 Å². The van der Waals surface area contributed by atoms with Crippen molar-refractivity contribution in [3.63, 3.8) is 0 Å². The van der Waals surface area contributed by atoms with Gasteiger partial charge in [-0.2, -0.15) is 5.26 Å².